The molecule has 2 aliphatic carbocycles. The number of hydrogen-bond donors (Lipinski definition) is 0. The zero-order valence-electron chi connectivity index (χ0n) is 8.79. The summed E-state index contributed by atoms with van der Waals surface area (Å²) in [6, 6.07) is 0. The quantitative estimate of drug-likeness (QED) is 0.578. The first-order chi connectivity index (χ1) is 6.72. The predicted octanol–water partition coefficient (Wildman–Crippen LogP) is 3.04. The van der Waals surface area contributed by atoms with E-state index in [2.05, 4.69) is 32.1 Å². The van der Waals surface area contributed by atoms with Gasteiger partial charge in [-0.25, -0.2) is 0 Å². The molecular weight excluding hydrogens is 172 g/mol. The lowest BCUT2D eigenvalue weighted by atomic mass is 9.79. The van der Waals surface area contributed by atoms with Gasteiger partial charge in [-0.2, -0.15) is 0 Å². The molecule has 0 radical (unpaired) electrons. The highest BCUT2D eigenvalue weighted by atomic mass is 16.1. The van der Waals surface area contributed by atoms with Crippen molar-refractivity contribution in [1.82, 2.24) is 0 Å². The van der Waals surface area contributed by atoms with E-state index in [1.165, 1.54) is 11.1 Å². The highest BCUT2D eigenvalue weighted by Gasteiger charge is 2.30. The first-order valence-corrected chi connectivity index (χ1v) is 5.22. The molecule has 74 valence electrons. The fourth-order valence-electron chi connectivity index (χ4n) is 2.48. The molecule has 2 aliphatic rings. The summed E-state index contributed by atoms with van der Waals surface area (Å²) in [6.45, 7) is 4.31. The van der Waals surface area contributed by atoms with Gasteiger partial charge in [0.1, 0.15) is 6.29 Å². The molecule has 0 saturated carbocycles. The highest BCUT2D eigenvalue weighted by Crippen LogP contribution is 2.41. The van der Waals surface area contributed by atoms with Gasteiger partial charge in [0.2, 0.25) is 0 Å². The summed E-state index contributed by atoms with van der Waals surface area (Å²) in [6.07, 6.45) is 9.61. The third-order valence-corrected chi connectivity index (χ3v) is 3.28. The zero-order valence-corrected chi connectivity index (χ0v) is 8.79. The average Bonchev–Trinajstić information content (AvgIpc) is 2.59. The second kappa shape index (κ2) is 3.56. The van der Waals surface area contributed by atoms with Crippen molar-refractivity contribution in [2.45, 2.75) is 26.7 Å². The molecule has 14 heavy (non-hydrogen) atoms. The SMILES string of the molecule is CC(C)=C1C=CC2CC=C(C=O)CC12. The van der Waals surface area contributed by atoms with Crippen LogP contribution in [-0.2, 0) is 4.79 Å². The van der Waals surface area contributed by atoms with Crippen LogP contribution >= 0.6 is 0 Å². The molecule has 1 nitrogen and oxygen atoms in total. The Bertz CT molecular complexity index is 340. The molecule has 0 amide bonds. The van der Waals surface area contributed by atoms with Gasteiger partial charge in [-0.15, -0.1) is 0 Å². The van der Waals surface area contributed by atoms with Crippen molar-refractivity contribution in [2.24, 2.45) is 11.8 Å². The van der Waals surface area contributed by atoms with Crippen molar-refractivity contribution in [3.63, 3.8) is 0 Å². The van der Waals surface area contributed by atoms with E-state index in [9.17, 15) is 4.79 Å². The lowest BCUT2D eigenvalue weighted by Crippen LogP contribution is -2.15. The molecule has 0 fully saturated rings. The summed E-state index contributed by atoms with van der Waals surface area (Å²) in [4.78, 5) is 10.7. The summed E-state index contributed by atoms with van der Waals surface area (Å²) < 4.78 is 0. The van der Waals surface area contributed by atoms with Crippen molar-refractivity contribution >= 4 is 6.29 Å². The van der Waals surface area contributed by atoms with E-state index >= 15 is 0 Å². The second-order valence-corrected chi connectivity index (χ2v) is 4.42. The van der Waals surface area contributed by atoms with Gasteiger partial charge >= 0.3 is 0 Å². The molecule has 0 N–H and O–H groups in total. The van der Waals surface area contributed by atoms with Gasteiger partial charge in [0, 0.05) is 0 Å². The number of hydrogen-bond acceptors (Lipinski definition) is 1. The Morgan fingerprint density at radius 3 is 2.93 bits per heavy atom. The van der Waals surface area contributed by atoms with E-state index in [0.29, 0.717) is 11.8 Å². The molecule has 2 rings (SSSR count). The van der Waals surface area contributed by atoms with E-state index < -0.39 is 0 Å². The standard InChI is InChI=1S/C13H16O/c1-9(2)12-6-5-11-4-3-10(8-14)7-13(11)12/h3,5-6,8,11,13H,4,7H2,1-2H3. The molecule has 0 aromatic carbocycles. The molecule has 0 heterocycles. The van der Waals surface area contributed by atoms with Crippen LogP contribution in [0.2, 0.25) is 0 Å². The molecule has 0 aliphatic heterocycles. The topological polar surface area (TPSA) is 17.1 Å². The number of carbonyl (C=O) groups is 1. The van der Waals surface area contributed by atoms with E-state index in [1.807, 2.05) is 0 Å². The third kappa shape index (κ3) is 1.47. The van der Waals surface area contributed by atoms with E-state index in [-0.39, 0.29) is 0 Å². The van der Waals surface area contributed by atoms with E-state index in [1.54, 1.807) is 0 Å². The summed E-state index contributed by atoms with van der Waals surface area (Å²) in [5.41, 5.74) is 3.82. The predicted molar refractivity (Wildman–Crippen MR) is 57.9 cm³/mol. The number of aldehydes is 1. The van der Waals surface area contributed by atoms with Crippen molar-refractivity contribution in [3.8, 4) is 0 Å². The maximum absolute atomic E-state index is 10.7. The maximum Gasteiger partial charge on any atom is 0.145 e. The lowest BCUT2D eigenvalue weighted by molar-refractivity contribution is -0.105. The number of carbonyl (C=O) groups excluding carboxylic acids is 1. The van der Waals surface area contributed by atoms with E-state index in [4.69, 9.17) is 0 Å². The van der Waals surface area contributed by atoms with Crippen molar-refractivity contribution in [1.29, 1.82) is 0 Å². The minimum atomic E-state index is 0.574. The molecule has 1 heteroatoms. The Hall–Kier alpha value is -1.11. The monoisotopic (exact) mass is 188 g/mol. The normalized spacial score (nSPS) is 29.9. The van der Waals surface area contributed by atoms with E-state index in [0.717, 1.165) is 24.7 Å². The van der Waals surface area contributed by atoms with Crippen LogP contribution in [0.3, 0.4) is 0 Å². The van der Waals surface area contributed by atoms with Crippen LogP contribution in [0.15, 0.2) is 34.9 Å². The molecule has 0 aromatic rings. The Morgan fingerprint density at radius 2 is 2.29 bits per heavy atom. The van der Waals surface area contributed by atoms with Gasteiger partial charge in [-0.1, -0.05) is 23.8 Å². The molecule has 2 atom stereocenters. The van der Waals surface area contributed by atoms with Gasteiger partial charge in [-0.3, -0.25) is 4.79 Å². The third-order valence-electron chi connectivity index (χ3n) is 3.28. The fourth-order valence-corrected chi connectivity index (χ4v) is 2.48. The first-order valence-electron chi connectivity index (χ1n) is 5.22. The summed E-state index contributed by atoms with van der Waals surface area (Å²) in [5.74, 6) is 1.22. The van der Waals surface area contributed by atoms with Crippen LogP contribution in [0.1, 0.15) is 26.7 Å². The molecular formula is C13H16O. The van der Waals surface area contributed by atoms with Gasteiger partial charge in [0.05, 0.1) is 0 Å². The lowest BCUT2D eigenvalue weighted by Gasteiger charge is -2.25. The number of allylic oxidation sites excluding steroid dienone is 6. The Morgan fingerprint density at radius 1 is 1.50 bits per heavy atom. The summed E-state index contributed by atoms with van der Waals surface area (Å²) in [5, 5.41) is 0. The summed E-state index contributed by atoms with van der Waals surface area (Å²) in [7, 11) is 0. The first kappa shape index (κ1) is 9.45. The van der Waals surface area contributed by atoms with Gasteiger partial charge in [0.25, 0.3) is 0 Å². The highest BCUT2D eigenvalue weighted by molar-refractivity contribution is 5.73. The van der Waals surface area contributed by atoms with Gasteiger partial charge in [0.15, 0.2) is 0 Å². The average molecular weight is 188 g/mol. The Balaban J connectivity index is 2.27. The molecule has 0 spiro atoms. The van der Waals surface area contributed by atoms with Crippen LogP contribution < -0.4 is 0 Å². The van der Waals surface area contributed by atoms with Crippen molar-refractivity contribution < 1.29 is 4.79 Å². The van der Waals surface area contributed by atoms with Crippen molar-refractivity contribution in [3.05, 3.63) is 34.9 Å². The maximum atomic E-state index is 10.7. The zero-order chi connectivity index (χ0) is 10.1. The van der Waals surface area contributed by atoms with Crippen LogP contribution in [0.4, 0.5) is 0 Å². The van der Waals surface area contributed by atoms with Gasteiger partial charge in [-0.05, 0) is 49.7 Å². The minimum absolute atomic E-state index is 0.574. The Kier molecular flexibility index (Phi) is 2.40. The Labute approximate surface area is 85.2 Å². The molecule has 0 bridgehead atoms. The largest absolute Gasteiger partial charge is 0.298 e. The van der Waals surface area contributed by atoms with Crippen LogP contribution in [0.5, 0.6) is 0 Å². The molecule has 0 aromatic heterocycles. The van der Waals surface area contributed by atoms with Crippen LogP contribution in [0.25, 0.3) is 0 Å². The van der Waals surface area contributed by atoms with Gasteiger partial charge < -0.3 is 0 Å². The second-order valence-electron chi connectivity index (χ2n) is 4.42. The molecule has 0 saturated heterocycles. The number of fused-ring (bicyclic) bond motifs is 1. The minimum Gasteiger partial charge on any atom is -0.298 e. The van der Waals surface area contributed by atoms with Crippen LogP contribution in [0, 0.1) is 11.8 Å². The van der Waals surface area contributed by atoms with Crippen molar-refractivity contribution in [2.75, 3.05) is 0 Å². The fraction of sp³-hybridized carbons (Fsp3) is 0.462. The smallest absolute Gasteiger partial charge is 0.145 e. The summed E-state index contributed by atoms with van der Waals surface area (Å²) >= 11 is 0. The van der Waals surface area contributed by atoms with Crippen LogP contribution in [-0.4, -0.2) is 6.29 Å². The number of rotatable bonds is 1. The molecule has 2 unspecified atom stereocenters.